The zero-order chi connectivity index (χ0) is 21.2. The minimum atomic E-state index is -0.0194. The summed E-state index contributed by atoms with van der Waals surface area (Å²) in [5.74, 6) is 0. The summed E-state index contributed by atoms with van der Waals surface area (Å²) in [5.41, 5.74) is 2.75. The Morgan fingerprint density at radius 1 is 0.903 bits per heavy atom. The van der Waals surface area contributed by atoms with Gasteiger partial charge in [0.2, 0.25) is 0 Å². The van der Waals surface area contributed by atoms with Gasteiger partial charge in [-0.15, -0.1) is 0 Å². The number of piperazine rings is 1. The van der Waals surface area contributed by atoms with Gasteiger partial charge in [0.1, 0.15) is 0 Å². The normalized spacial score (nSPS) is 15.1. The van der Waals surface area contributed by atoms with Crippen LogP contribution in [-0.4, -0.2) is 52.2 Å². The van der Waals surface area contributed by atoms with Crippen LogP contribution in [0.5, 0.6) is 0 Å². The third-order valence-corrected chi connectivity index (χ3v) is 6.22. The highest BCUT2D eigenvalue weighted by Crippen LogP contribution is 2.21. The van der Waals surface area contributed by atoms with Gasteiger partial charge >= 0.3 is 0 Å². The largest absolute Gasteiger partial charge is 0.369 e. The predicted molar refractivity (Wildman–Crippen MR) is 126 cm³/mol. The number of para-hydroxylation sites is 1. The molecule has 3 heterocycles. The first-order valence-electron chi connectivity index (χ1n) is 10.6. The van der Waals surface area contributed by atoms with Gasteiger partial charge in [0.15, 0.2) is 0 Å². The molecule has 5 rings (SSSR count). The number of fused-ring (bicyclic) bond motifs is 3. The molecule has 0 spiro atoms. The summed E-state index contributed by atoms with van der Waals surface area (Å²) in [6.45, 7) is 5.60. The van der Waals surface area contributed by atoms with Crippen LogP contribution in [0.3, 0.4) is 0 Å². The number of rotatable bonds is 5. The van der Waals surface area contributed by atoms with E-state index in [2.05, 4.69) is 25.8 Å². The molecule has 7 heteroatoms. The molecule has 2 aromatic heterocycles. The first-order chi connectivity index (χ1) is 15.2. The minimum absolute atomic E-state index is 0.0194. The summed E-state index contributed by atoms with van der Waals surface area (Å²) >= 11 is 6.12. The van der Waals surface area contributed by atoms with Gasteiger partial charge in [0.05, 0.1) is 22.7 Å². The summed E-state index contributed by atoms with van der Waals surface area (Å²) in [4.78, 5) is 26.8. The van der Waals surface area contributed by atoms with Crippen molar-refractivity contribution >= 4 is 39.1 Å². The third-order valence-electron chi connectivity index (χ3n) is 5.98. The van der Waals surface area contributed by atoms with Gasteiger partial charge in [0, 0.05) is 55.0 Å². The molecule has 0 atom stereocenters. The number of benzene rings is 2. The highest BCUT2D eigenvalue weighted by molar-refractivity contribution is 6.30. The van der Waals surface area contributed by atoms with Crippen molar-refractivity contribution in [1.82, 2.24) is 19.4 Å². The Labute approximate surface area is 185 Å². The molecule has 0 saturated carbocycles. The molecular weight excluding hydrogens is 410 g/mol. The predicted octanol–water partition coefficient (Wildman–Crippen LogP) is 3.81. The highest BCUT2D eigenvalue weighted by Gasteiger charge is 2.17. The van der Waals surface area contributed by atoms with Crippen LogP contribution in [0.2, 0.25) is 5.02 Å². The van der Waals surface area contributed by atoms with Crippen LogP contribution in [0.15, 0.2) is 65.8 Å². The van der Waals surface area contributed by atoms with E-state index < -0.39 is 0 Å². The van der Waals surface area contributed by atoms with Crippen LogP contribution in [0.25, 0.3) is 21.8 Å². The zero-order valence-corrected chi connectivity index (χ0v) is 18.0. The molecule has 2 aromatic carbocycles. The molecular formula is C24H24ClN5O. The van der Waals surface area contributed by atoms with Crippen molar-refractivity contribution in [2.24, 2.45) is 0 Å². The van der Waals surface area contributed by atoms with Gasteiger partial charge in [-0.3, -0.25) is 19.2 Å². The molecule has 0 aliphatic carbocycles. The van der Waals surface area contributed by atoms with E-state index in [4.69, 9.17) is 11.6 Å². The average Bonchev–Trinajstić information content (AvgIpc) is 2.81. The summed E-state index contributed by atoms with van der Waals surface area (Å²) in [7, 11) is 0. The number of aryl methyl sites for hydroxylation is 1. The Morgan fingerprint density at radius 2 is 1.74 bits per heavy atom. The molecule has 4 aromatic rings. The summed E-state index contributed by atoms with van der Waals surface area (Å²) in [6, 6.07) is 15.8. The van der Waals surface area contributed by atoms with Gasteiger partial charge in [0.25, 0.3) is 5.56 Å². The Bertz CT molecular complexity index is 1280. The van der Waals surface area contributed by atoms with Crippen molar-refractivity contribution in [2.45, 2.75) is 13.0 Å². The van der Waals surface area contributed by atoms with Crippen molar-refractivity contribution < 1.29 is 0 Å². The summed E-state index contributed by atoms with van der Waals surface area (Å²) < 4.78 is 1.71. The van der Waals surface area contributed by atoms with Crippen LogP contribution < -0.4 is 10.5 Å². The monoisotopic (exact) mass is 433 g/mol. The van der Waals surface area contributed by atoms with Crippen LogP contribution in [-0.2, 0) is 6.54 Å². The summed E-state index contributed by atoms with van der Waals surface area (Å²) in [6.07, 6.45) is 4.23. The zero-order valence-electron chi connectivity index (χ0n) is 17.2. The van der Waals surface area contributed by atoms with Crippen molar-refractivity contribution in [3.8, 4) is 0 Å². The van der Waals surface area contributed by atoms with Crippen LogP contribution in [0.4, 0.5) is 5.69 Å². The number of hydrogen-bond acceptors (Lipinski definition) is 5. The van der Waals surface area contributed by atoms with Gasteiger partial charge in [-0.1, -0.05) is 35.9 Å². The maximum atomic E-state index is 12.9. The van der Waals surface area contributed by atoms with E-state index in [0.717, 1.165) is 60.6 Å². The number of anilines is 1. The van der Waals surface area contributed by atoms with E-state index in [9.17, 15) is 4.79 Å². The van der Waals surface area contributed by atoms with Crippen molar-refractivity contribution in [2.75, 3.05) is 37.6 Å². The number of halogens is 1. The fourth-order valence-electron chi connectivity index (χ4n) is 4.28. The number of pyridine rings is 1. The first-order valence-corrected chi connectivity index (χ1v) is 11.0. The lowest BCUT2D eigenvalue weighted by Gasteiger charge is -2.36. The Hall–Kier alpha value is -2.96. The molecule has 1 saturated heterocycles. The van der Waals surface area contributed by atoms with E-state index in [0.29, 0.717) is 11.9 Å². The van der Waals surface area contributed by atoms with E-state index >= 15 is 0 Å². The Balaban J connectivity index is 1.20. The Morgan fingerprint density at radius 3 is 2.58 bits per heavy atom. The molecule has 31 heavy (non-hydrogen) atoms. The molecule has 0 N–H and O–H groups in total. The topological polar surface area (TPSA) is 54.3 Å². The maximum Gasteiger partial charge on any atom is 0.262 e. The maximum absolute atomic E-state index is 12.9. The second kappa shape index (κ2) is 8.65. The third kappa shape index (κ3) is 4.13. The smallest absolute Gasteiger partial charge is 0.262 e. The fraction of sp³-hybridized carbons (Fsp3) is 0.292. The van der Waals surface area contributed by atoms with Crippen molar-refractivity contribution in [1.29, 1.82) is 0 Å². The molecule has 0 radical (unpaired) electrons. The fourth-order valence-corrected chi connectivity index (χ4v) is 4.47. The number of hydrogen-bond donors (Lipinski definition) is 0. The van der Waals surface area contributed by atoms with E-state index in [1.165, 1.54) is 5.69 Å². The molecule has 0 unspecified atom stereocenters. The molecule has 0 amide bonds. The second-order valence-electron chi connectivity index (χ2n) is 7.94. The van der Waals surface area contributed by atoms with Crippen LogP contribution >= 0.6 is 11.6 Å². The van der Waals surface area contributed by atoms with Crippen LogP contribution in [0.1, 0.15) is 6.42 Å². The summed E-state index contributed by atoms with van der Waals surface area (Å²) in [5, 5.41) is 2.27. The van der Waals surface area contributed by atoms with E-state index in [1.54, 1.807) is 17.1 Å². The highest BCUT2D eigenvalue weighted by atomic mass is 35.5. The molecule has 1 aliphatic heterocycles. The van der Waals surface area contributed by atoms with Gasteiger partial charge < -0.3 is 4.90 Å². The minimum Gasteiger partial charge on any atom is -0.369 e. The second-order valence-corrected chi connectivity index (χ2v) is 8.38. The van der Waals surface area contributed by atoms with Gasteiger partial charge in [-0.05, 0) is 37.2 Å². The molecule has 1 aliphatic rings. The number of aromatic nitrogens is 3. The number of nitrogens with zero attached hydrogens (tertiary/aromatic N) is 5. The van der Waals surface area contributed by atoms with E-state index in [1.807, 2.05) is 42.5 Å². The Kier molecular flexibility index (Phi) is 5.57. The lowest BCUT2D eigenvalue weighted by atomic mass is 10.1. The molecule has 158 valence electrons. The quantitative estimate of drug-likeness (QED) is 0.448. The van der Waals surface area contributed by atoms with Gasteiger partial charge in [-0.2, -0.15) is 0 Å². The average molecular weight is 434 g/mol. The first kappa shape index (κ1) is 20.0. The van der Waals surface area contributed by atoms with Crippen molar-refractivity contribution in [3.63, 3.8) is 0 Å². The standard InChI is InChI=1S/C24H24ClN5O/c25-18-5-3-6-19(15-18)29-13-11-28(12-14-29)9-4-10-30-17-27-23-20-7-1-2-8-22(20)26-16-21(23)24(30)31/h1-3,5-8,15-17H,4,9-14H2. The lowest BCUT2D eigenvalue weighted by Crippen LogP contribution is -2.46. The lowest BCUT2D eigenvalue weighted by molar-refractivity contribution is 0.250. The molecule has 6 nitrogen and oxygen atoms in total. The molecule has 0 bridgehead atoms. The molecule has 1 fully saturated rings. The van der Waals surface area contributed by atoms with Gasteiger partial charge in [-0.25, -0.2) is 4.98 Å². The van der Waals surface area contributed by atoms with Crippen LogP contribution in [0, 0.1) is 0 Å². The SMILES string of the molecule is O=c1c2cnc3ccccc3c2ncn1CCCN1CCN(c2cccc(Cl)c2)CC1. The van der Waals surface area contributed by atoms with E-state index in [-0.39, 0.29) is 5.56 Å². The van der Waals surface area contributed by atoms with Crippen molar-refractivity contribution in [3.05, 3.63) is 76.4 Å².